The van der Waals surface area contributed by atoms with Gasteiger partial charge in [-0.3, -0.25) is 9.68 Å². The van der Waals surface area contributed by atoms with Crippen molar-refractivity contribution >= 4 is 35.1 Å². The Hall–Kier alpha value is -0.680. The molecular weight excluding hydrogens is 401 g/mol. The predicted molar refractivity (Wildman–Crippen MR) is 102 cm³/mol. The molecule has 0 bridgehead atoms. The van der Waals surface area contributed by atoms with Crippen molar-refractivity contribution in [1.29, 1.82) is 0 Å². The quantitative estimate of drug-likeness (QED) is 0.262. The van der Waals surface area contributed by atoms with Gasteiger partial charge in [-0.1, -0.05) is 0 Å². The second-order valence-electron chi connectivity index (χ2n) is 7.87. The lowest BCUT2D eigenvalue weighted by Crippen LogP contribution is -2.47. The Kier molecular flexibility index (Phi) is 11.1. The molecule has 4 unspecified atom stereocenters. The molecular formula is C16H31Cl2N3O6. The maximum atomic E-state index is 12.0. The Bertz CT molecular complexity index is 440. The van der Waals surface area contributed by atoms with Crippen LogP contribution in [0, 0.1) is 0 Å². The van der Waals surface area contributed by atoms with E-state index in [1.54, 1.807) is 41.5 Å². The molecule has 0 aromatic rings. The SMILES string of the molecule is CC(C)(C)OC(=O)C(ON)C(Cl)CNCC(Cl)C(ON)C(=O)OC(C)(C)C. The third-order valence-electron chi connectivity index (χ3n) is 2.91. The zero-order chi connectivity index (χ0) is 21.4. The molecule has 0 amide bonds. The van der Waals surface area contributed by atoms with Crippen LogP contribution in [-0.4, -0.2) is 59.2 Å². The number of hydrogen-bond donors (Lipinski definition) is 3. The molecule has 0 heterocycles. The van der Waals surface area contributed by atoms with Crippen molar-refractivity contribution < 1.29 is 28.7 Å². The van der Waals surface area contributed by atoms with E-state index in [1.807, 2.05) is 0 Å². The van der Waals surface area contributed by atoms with Gasteiger partial charge in [0.25, 0.3) is 0 Å². The first-order chi connectivity index (χ1) is 12.2. The van der Waals surface area contributed by atoms with E-state index in [2.05, 4.69) is 15.0 Å². The molecule has 0 saturated heterocycles. The zero-order valence-electron chi connectivity index (χ0n) is 16.6. The van der Waals surface area contributed by atoms with E-state index < -0.39 is 46.1 Å². The summed E-state index contributed by atoms with van der Waals surface area (Å²) in [4.78, 5) is 33.4. The lowest BCUT2D eigenvalue weighted by atomic mass is 10.1. The van der Waals surface area contributed by atoms with E-state index in [0.29, 0.717) is 0 Å². The predicted octanol–water partition coefficient (Wildman–Crippen LogP) is 0.992. The first-order valence-electron chi connectivity index (χ1n) is 8.37. The highest BCUT2D eigenvalue weighted by Gasteiger charge is 2.34. The molecule has 0 fully saturated rings. The average molecular weight is 432 g/mol. The number of ether oxygens (including phenoxy) is 2. The van der Waals surface area contributed by atoms with Crippen molar-refractivity contribution in [3.63, 3.8) is 0 Å². The Labute approximate surface area is 170 Å². The molecule has 5 N–H and O–H groups in total. The molecule has 9 nitrogen and oxygen atoms in total. The number of halogens is 2. The minimum absolute atomic E-state index is 0.0947. The highest BCUT2D eigenvalue weighted by Crippen LogP contribution is 2.15. The van der Waals surface area contributed by atoms with E-state index in [-0.39, 0.29) is 13.1 Å². The maximum Gasteiger partial charge on any atom is 0.339 e. The summed E-state index contributed by atoms with van der Waals surface area (Å²) in [5, 5.41) is 1.22. The number of rotatable bonds is 10. The van der Waals surface area contributed by atoms with Crippen LogP contribution in [0.1, 0.15) is 41.5 Å². The van der Waals surface area contributed by atoms with Gasteiger partial charge in [0.2, 0.25) is 0 Å². The zero-order valence-corrected chi connectivity index (χ0v) is 18.1. The lowest BCUT2D eigenvalue weighted by molar-refractivity contribution is -0.169. The fourth-order valence-electron chi connectivity index (χ4n) is 1.87. The lowest BCUT2D eigenvalue weighted by Gasteiger charge is -2.26. The largest absolute Gasteiger partial charge is 0.458 e. The smallest absolute Gasteiger partial charge is 0.339 e. The van der Waals surface area contributed by atoms with E-state index in [9.17, 15) is 9.59 Å². The number of esters is 2. The van der Waals surface area contributed by atoms with Crippen LogP contribution in [0.4, 0.5) is 0 Å². The van der Waals surface area contributed by atoms with E-state index >= 15 is 0 Å². The standard InChI is InChI=1S/C16H31Cl2N3O6/c1-15(2,3)24-13(22)11(26-19)9(17)7-21-8-10(18)12(27-20)14(23)25-16(4,5)6/h9-12,21H,7-8,19-20H2,1-6H3. The van der Waals surface area contributed by atoms with Crippen molar-refractivity contribution in [3.8, 4) is 0 Å². The monoisotopic (exact) mass is 431 g/mol. The summed E-state index contributed by atoms with van der Waals surface area (Å²) < 4.78 is 10.4. The number of carbonyl (C=O) groups is 2. The maximum absolute atomic E-state index is 12.0. The van der Waals surface area contributed by atoms with Crippen LogP contribution in [0.25, 0.3) is 0 Å². The summed E-state index contributed by atoms with van der Waals surface area (Å²) in [5.74, 6) is 8.94. The Morgan fingerprint density at radius 2 is 1.11 bits per heavy atom. The molecule has 0 aliphatic carbocycles. The van der Waals surface area contributed by atoms with Gasteiger partial charge in [0.05, 0.1) is 10.8 Å². The molecule has 160 valence electrons. The topological polar surface area (TPSA) is 135 Å². The molecule has 4 atom stereocenters. The third-order valence-corrected chi connectivity index (χ3v) is 3.67. The molecule has 0 saturated carbocycles. The van der Waals surface area contributed by atoms with Crippen molar-refractivity contribution in [2.24, 2.45) is 11.8 Å². The minimum atomic E-state index is -1.18. The highest BCUT2D eigenvalue weighted by atomic mass is 35.5. The summed E-state index contributed by atoms with van der Waals surface area (Å²) in [5.41, 5.74) is -1.42. The summed E-state index contributed by atoms with van der Waals surface area (Å²) in [6, 6.07) is 0. The highest BCUT2D eigenvalue weighted by molar-refractivity contribution is 6.23. The molecule has 0 aliphatic heterocycles. The van der Waals surface area contributed by atoms with Crippen molar-refractivity contribution in [3.05, 3.63) is 0 Å². The van der Waals surface area contributed by atoms with Gasteiger partial charge in [-0.15, -0.1) is 23.2 Å². The normalized spacial score (nSPS) is 17.0. The van der Waals surface area contributed by atoms with Gasteiger partial charge in [0.15, 0.2) is 12.2 Å². The molecule has 0 radical (unpaired) electrons. The van der Waals surface area contributed by atoms with Crippen molar-refractivity contribution in [1.82, 2.24) is 5.32 Å². The van der Waals surface area contributed by atoms with Crippen LogP contribution >= 0.6 is 23.2 Å². The summed E-state index contributed by atoms with van der Waals surface area (Å²) in [6.45, 7) is 10.4. The number of carbonyl (C=O) groups excluding carboxylic acids is 2. The fraction of sp³-hybridized carbons (Fsp3) is 0.875. The number of nitrogens with two attached hydrogens (primary N) is 2. The van der Waals surface area contributed by atoms with Gasteiger partial charge in [0, 0.05) is 13.1 Å². The fourth-order valence-corrected chi connectivity index (χ4v) is 2.41. The molecule has 11 heteroatoms. The Morgan fingerprint density at radius 1 is 0.815 bits per heavy atom. The van der Waals surface area contributed by atoms with Gasteiger partial charge >= 0.3 is 11.9 Å². The van der Waals surface area contributed by atoms with Gasteiger partial charge in [-0.2, -0.15) is 0 Å². The average Bonchev–Trinajstić information content (AvgIpc) is 2.44. The van der Waals surface area contributed by atoms with Crippen LogP contribution in [-0.2, 0) is 28.7 Å². The molecule has 0 aromatic heterocycles. The van der Waals surface area contributed by atoms with E-state index in [4.69, 9.17) is 44.5 Å². The molecule has 0 rings (SSSR count). The van der Waals surface area contributed by atoms with Crippen molar-refractivity contribution in [2.45, 2.75) is 75.7 Å². The van der Waals surface area contributed by atoms with Crippen LogP contribution in [0.5, 0.6) is 0 Å². The molecule has 0 aliphatic rings. The van der Waals surface area contributed by atoms with E-state index in [1.165, 1.54) is 0 Å². The third kappa shape index (κ3) is 11.0. The molecule has 27 heavy (non-hydrogen) atoms. The second kappa shape index (κ2) is 11.4. The van der Waals surface area contributed by atoms with Gasteiger partial charge in [0.1, 0.15) is 11.2 Å². The second-order valence-corrected chi connectivity index (χ2v) is 8.99. The Balaban J connectivity index is 4.60. The first kappa shape index (κ1) is 26.3. The number of nitrogens with one attached hydrogen (secondary N) is 1. The van der Waals surface area contributed by atoms with Gasteiger partial charge in [-0.05, 0) is 41.5 Å². The molecule has 0 spiro atoms. The van der Waals surface area contributed by atoms with Gasteiger partial charge in [-0.25, -0.2) is 21.4 Å². The minimum Gasteiger partial charge on any atom is -0.458 e. The van der Waals surface area contributed by atoms with Gasteiger partial charge < -0.3 is 14.8 Å². The van der Waals surface area contributed by atoms with Crippen LogP contribution in [0.15, 0.2) is 0 Å². The summed E-state index contributed by atoms with van der Waals surface area (Å²) >= 11 is 12.3. The number of alkyl halides is 2. The van der Waals surface area contributed by atoms with E-state index in [0.717, 1.165) is 0 Å². The van der Waals surface area contributed by atoms with Crippen LogP contribution < -0.4 is 17.1 Å². The van der Waals surface area contributed by atoms with Crippen LogP contribution in [0.3, 0.4) is 0 Å². The number of hydrogen-bond acceptors (Lipinski definition) is 9. The van der Waals surface area contributed by atoms with Crippen molar-refractivity contribution in [2.75, 3.05) is 13.1 Å². The first-order valence-corrected chi connectivity index (χ1v) is 9.24. The Morgan fingerprint density at radius 3 is 1.33 bits per heavy atom. The summed E-state index contributed by atoms with van der Waals surface area (Å²) in [6.07, 6.45) is -2.36. The summed E-state index contributed by atoms with van der Waals surface area (Å²) in [7, 11) is 0. The molecule has 0 aromatic carbocycles. The van der Waals surface area contributed by atoms with Crippen LogP contribution in [0.2, 0.25) is 0 Å².